The van der Waals surface area contributed by atoms with Crippen molar-refractivity contribution in [1.29, 1.82) is 0 Å². The van der Waals surface area contributed by atoms with E-state index in [1.807, 2.05) is 13.8 Å². The molecule has 1 aliphatic carbocycles. The number of nitrogens with one attached hydrogen (secondary N) is 6. The van der Waals surface area contributed by atoms with Crippen LogP contribution in [0.5, 0.6) is 0 Å². The van der Waals surface area contributed by atoms with Crippen LogP contribution in [0.15, 0.2) is 17.8 Å². The van der Waals surface area contributed by atoms with Gasteiger partial charge in [0, 0.05) is 56.0 Å². The molecule has 0 aromatic carbocycles. The molecule has 1 saturated heterocycles. The third-order valence-electron chi connectivity index (χ3n) is 12.5. The van der Waals surface area contributed by atoms with Gasteiger partial charge in [-0.25, -0.2) is 4.68 Å². The smallest absolute Gasteiger partial charge is 0.305 e. The second-order valence-electron chi connectivity index (χ2n) is 18.7. The highest BCUT2D eigenvalue weighted by Crippen LogP contribution is 2.36. The number of nitrogens with zero attached hydrogens (tertiary/aromatic N) is 4. The van der Waals surface area contributed by atoms with E-state index in [1.165, 1.54) is 17.8 Å². The van der Waals surface area contributed by atoms with E-state index in [9.17, 15) is 67.7 Å². The number of amides is 6. The molecule has 0 spiro atoms. The summed E-state index contributed by atoms with van der Waals surface area (Å²) in [5, 5.41) is 41.2. The normalized spacial score (nSPS) is 24.5. The lowest BCUT2D eigenvalue weighted by atomic mass is 9.82. The highest BCUT2D eigenvalue weighted by atomic mass is 33.1. The predicted octanol–water partition coefficient (Wildman–Crippen LogP) is -1.56. The molecule has 14 N–H and O–H groups in total. The van der Waals surface area contributed by atoms with Gasteiger partial charge in [0.1, 0.15) is 41.2 Å². The number of Topliss-reactive ketones (excluding diaryl/α,β-unsaturated/α-hetero) is 4. The number of carbonyl (C=O) groups excluding carboxylic acids is 10. The van der Waals surface area contributed by atoms with E-state index in [-0.39, 0.29) is 87.2 Å². The molecular weight excluding hydrogens is 1030 g/mol. The Labute approximate surface area is 446 Å². The number of aromatic nitrogens is 3. The Bertz CT molecular complexity index is 2340. The second kappa shape index (κ2) is 32.0. The van der Waals surface area contributed by atoms with E-state index >= 15 is 0 Å². The van der Waals surface area contributed by atoms with E-state index in [4.69, 9.17) is 17.2 Å². The Morgan fingerprint density at radius 3 is 2.09 bits per heavy atom. The fourth-order valence-corrected chi connectivity index (χ4v) is 10.9. The van der Waals surface area contributed by atoms with Crippen LogP contribution in [0.4, 0.5) is 0 Å². The van der Waals surface area contributed by atoms with Gasteiger partial charge in [-0.15, -0.1) is 5.10 Å². The van der Waals surface area contributed by atoms with Crippen LogP contribution < -0.4 is 49.1 Å². The maximum atomic E-state index is 14.2. The van der Waals surface area contributed by atoms with Crippen LogP contribution >= 0.6 is 21.6 Å². The number of hydrogen-bond donors (Lipinski definition) is 11. The van der Waals surface area contributed by atoms with Gasteiger partial charge in [-0.2, -0.15) is 0 Å². The van der Waals surface area contributed by atoms with Gasteiger partial charge in [-0.3, -0.25) is 62.5 Å². The van der Waals surface area contributed by atoms with Crippen LogP contribution in [0, 0.1) is 17.8 Å². The Morgan fingerprint density at radius 1 is 0.829 bits per heavy atom. The number of rotatable bonds is 17. The van der Waals surface area contributed by atoms with Gasteiger partial charge in [0.25, 0.3) is 5.91 Å². The van der Waals surface area contributed by atoms with Gasteiger partial charge in [-0.1, -0.05) is 39.8 Å². The number of guanidine groups is 1. The summed E-state index contributed by atoms with van der Waals surface area (Å²) in [6, 6.07) is -6.12. The summed E-state index contributed by atoms with van der Waals surface area (Å²) in [5.74, 6) is -14.4. The molecule has 0 bridgehead atoms. The maximum absolute atomic E-state index is 14.2. The fraction of sp³-hybridized carbons (Fsp3) is 0.638. The lowest BCUT2D eigenvalue weighted by molar-refractivity contribution is -0.142. The van der Waals surface area contributed by atoms with Gasteiger partial charge >= 0.3 is 11.9 Å². The van der Waals surface area contributed by atoms with Crippen LogP contribution in [-0.2, 0) is 57.5 Å². The van der Waals surface area contributed by atoms with Crippen molar-refractivity contribution in [2.45, 2.75) is 140 Å². The molecule has 76 heavy (non-hydrogen) atoms. The Balaban J connectivity index is 2.05. The summed E-state index contributed by atoms with van der Waals surface area (Å²) in [7, 11) is 1.81. The number of hydrogen-bond acceptors (Lipinski definition) is 18. The Morgan fingerprint density at radius 2 is 1.47 bits per heavy atom. The zero-order valence-corrected chi connectivity index (χ0v) is 44.5. The van der Waals surface area contributed by atoms with Crippen molar-refractivity contribution >= 4 is 104 Å². The van der Waals surface area contributed by atoms with E-state index < -0.39 is 150 Å². The molecule has 1 aromatic rings. The molecule has 1 aliphatic heterocycles. The van der Waals surface area contributed by atoms with Crippen LogP contribution in [0.2, 0.25) is 0 Å². The van der Waals surface area contributed by atoms with Crippen molar-refractivity contribution in [3.8, 4) is 0 Å². The molecular formula is C47H71N13O14S2. The number of ketones is 4. The second-order valence-corrected chi connectivity index (χ2v) is 21.4. The summed E-state index contributed by atoms with van der Waals surface area (Å²) in [5.41, 5.74) is 16.5. The number of carboxylic acid groups (broad SMARTS) is 2. The molecule has 3 rings (SSSR count). The molecule has 29 heteroatoms. The first-order valence-corrected chi connectivity index (χ1v) is 27.2. The van der Waals surface area contributed by atoms with E-state index in [1.54, 1.807) is 0 Å². The number of carboxylic acids is 2. The third-order valence-corrected chi connectivity index (χ3v) is 15.3. The summed E-state index contributed by atoms with van der Waals surface area (Å²) in [6.07, 6.45) is 0.175. The zero-order valence-electron chi connectivity index (χ0n) is 42.8. The number of unbranched alkanes of at least 4 members (excludes halogenated alkanes) is 1. The van der Waals surface area contributed by atoms with Gasteiger partial charge in [0.05, 0.1) is 48.4 Å². The van der Waals surface area contributed by atoms with Crippen LogP contribution in [0.3, 0.4) is 0 Å². The monoisotopic (exact) mass is 1110 g/mol. The van der Waals surface area contributed by atoms with Crippen LogP contribution in [-0.4, -0.2) is 163 Å². The minimum atomic E-state index is -1.77. The van der Waals surface area contributed by atoms with Gasteiger partial charge in [-0.05, 0) is 72.3 Å². The first-order chi connectivity index (χ1) is 35.9. The van der Waals surface area contributed by atoms with Gasteiger partial charge in [0.2, 0.25) is 29.5 Å². The lowest BCUT2D eigenvalue weighted by Gasteiger charge is -2.24. The quantitative estimate of drug-likeness (QED) is 0.0276. The SMILES string of the molecule is C=C(C(=O)N[C@H]1CSS[C@@H](C(C)=O)CNC(=O)[C@H](CC(=O)O)CC(=O)[C@@H]2CCCC2C(=O)CCC(=O)[C@H](CCCCN)NC(=O)[C@H](CC(=O)O)NC(=O)CNC(=O)[C@H](CCCN=C(N)N)NC1=O)c1cn(C(C)C)nn1. The highest BCUT2D eigenvalue weighted by Gasteiger charge is 2.40. The van der Waals surface area contributed by atoms with Crippen LogP contribution in [0.1, 0.15) is 116 Å². The van der Waals surface area contributed by atoms with Crippen molar-refractivity contribution in [3.63, 3.8) is 0 Å². The van der Waals surface area contributed by atoms with Gasteiger partial charge < -0.3 is 59.3 Å². The number of carbonyl (C=O) groups is 12. The topological polar surface area (TPSA) is 439 Å². The largest absolute Gasteiger partial charge is 0.481 e. The Hall–Kier alpha value is -6.75. The predicted molar refractivity (Wildman–Crippen MR) is 278 cm³/mol. The number of fused-ring (bicyclic) bond motifs is 1. The molecule has 1 aromatic heterocycles. The fourth-order valence-electron chi connectivity index (χ4n) is 8.23. The van der Waals surface area contributed by atoms with Crippen molar-refractivity contribution in [2.24, 2.45) is 39.9 Å². The van der Waals surface area contributed by atoms with Gasteiger partial charge in [0.15, 0.2) is 11.7 Å². The average Bonchev–Trinajstić information content (AvgIpc) is 4.06. The molecule has 2 heterocycles. The zero-order chi connectivity index (χ0) is 56.6. The molecule has 27 nitrogen and oxygen atoms in total. The third kappa shape index (κ3) is 21.5. The molecule has 2 aliphatic rings. The average molecular weight is 1110 g/mol. The van der Waals surface area contributed by atoms with E-state index in [2.05, 4.69) is 53.8 Å². The molecule has 1 unspecified atom stereocenters. The summed E-state index contributed by atoms with van der Waals surface area (Å²) in [6.45, 7) is 7.70. The van der Waals surface area contributed by atoms with Crippen molar-refractivity contribution in [2.75, 3.05) is 31.9 Å². The molecule has 2 fully saturated rings. The molecule has 1 saturated carbocycles. The van der Waals surface area contributed by atoms with E-state index in [0.717, 1.165) is 21.6 Å². The van der Waals surface area contributed by atoms with Crippen molar-refractivity contribution in [3.05, 3.63) is 18.5 Å². The highest BCUT2D eigenvalue weighted by molar-refractivity contribution is 8.77. The first kappa shape index (κ1) is 63.5. The molecule has 8 atom stereocenters. The number of nitrogens with two attached hydrogens (primary N) is 3. The van der Waals surface area contributed by atoms with Crippen LogP contribution in [0.25, 0.3) is 5.57 Å². The maximum Gasteiger partial charge on any atom is 0.305 e. The van der Waals surface area contributed by atoms with Crippen molar-refractivity contribution < 1.29 is 67.7 Å². The Kier molecular flexibility index (Phi) is 26.7. The minimum Gasteiger partial charge on any atom is -0.481 e. The first-order valence-electron chi connectivity index (χ1n) is 24.9. The minimum absolute atomic E-state index is 0.0125. The number of aliphatic carboxylic acids is 2. The summed E-state index contributed by atoms with van der Waals surface area (Å²) < 4.78 is 1.47. The van der Waals surface area contributed by atoms with E-state index in [0.29, 0.717) is 19.3 Å². The standard InChI is InChI=1S/C47H71N13O14S2/c1-24(2)60-22-33(58-59-60)25(3)42(70)57-34-23-75-76-38(26(4)61)20-52-43(71)27(18-40(66)67)17-37(64)29-10-7-9-28(29)35(62)13-14-36(63)30(11-5-6-15-48)55-45(73)32(19-41(68)69)54-39(65)21-53-44(72)31(56-46(34)74)12-8-16-51-47(49)50/h22,24,27-32,34,38H,3,5-21,23,48H2,1-2,4H3,(H,52,71)(H,53,72)(H,54,65)(H,55,73)(H,56,74)(H,57,70)(H,66,67)(H,68,69)(H4,49,50,51)/t27-,28?,29+,30-,31-,32-,34-,38+/m0/s1. The van der Waals surface area contributed by atoms with Crippen molar-refractivity contribution in [1.82, 2.24) is 46.9 Å². The molecule has 0 radical (unpaired) electrons. The molecule has 6 amide bonds. The lowest BCUT2D eigenvalue weighted by Crippen LogP contribution is -2.56. The summed E-state index contributed by atoms with van der Waals surface area (Å²) >= 11 is 0. The molecule has 420 valence electrons. The number of aliphatic imine (C=N–C) groups is 1. The summed E-state index contributed by atoms with van der Waals surface area (Å²) in [4.78, 5) is 164.